The molecule has 0 saturated heterocycles. The summed E-state index contributed by atoms with van der Waals surface area (Å²) in [5.74, 6) is -1.18. The van der Waals surface area contributed by atoms with Crippen molar-refractivity contribution in [2.75, 3.05) is 0 Å². The molecule has 0 spiro atoms. The van der Waals surface area contributed by atoms with E-state index in [1.54, 1.807) is 0 Å². The molecule has 54 valence electrons. The van der Waals surface area contributed by atoms with Gasteiger partial charge in [-0.3, -0.25) is 0 Å². The molecule has 5 heteroatoms. The van der Waals surface area contributed by atoms with E-state index in [0.29, 0.717) is 0 Å². The molecule has 0 radical (unpaired) electrons. The normalized spacial score (nSPS) is 36.0. The summed E-state index contributed by atoms with van der Waals surface area (Å²) in [6, 6.07) is 0. The van der Waals surface area contributed by atoms with Gasteiger partial charge in [0.25, 0.3) is 0 Å². The Morgan fingerprint density at radius 1 is 1.22 bits per heavy atom. The molecule has 0 unspecified atom stereocenters. The van der Waals surface area contributed by atoms with Crippen LogP contribution >= 0.6 is 0 Å². The molecular formula is C4H7BF3O-. The van der Waals surface area contributed by atoms with Crippen molar-refractivity contribution in [3.05, 3.63) is 0 Å². The number of aliphatic hydroxyl groups excluding tert-OH is 1. The summed E-state index contributed by atoms with van der Waals surface area (Å²) in [6.07, 6.45) is -0.856. The van der Waals surface area contributed by atoms with Crippen LogP contribution in [-0.2, 0) is 0 Å². The Balaban J connectivity index is 2.32. The first-order valence-corrected chi connectivity index (χ1v) is 2.88. The lowest BCUT2D eigenvalue weighted by Gasteiger charge is -2.38. The topological polar surface area (TPSA) is 20.2 Å². The predicted molar refractivity (Wildman–Crippen MR) is 28.1 cm³/mol. The Bertz CT molecular complexity index is 107. The van der Waals surface area contributed by atoms with Crippen LogP contribution in [0.2, 0.25) is 5.82 Å². The quantitative estimate of drug-likeness (QED) is 0.543. The summed E-state index contributed by atoms with van der Waals surface area (Å²) in [5.41, 5.74) is 0. The predicted octanol–water partition coefficient (Wildman–Crippen LogP) is 1.36. The fourth-order valence-corrected chi connectivity index (χ4v) is 0.939. The monoisotopic (exact) mass is 139 g/mol. The molecule has 0 aromatic rings. The van der Waals surface area contributed by atoms with E-state index >= 15 is 0 Å². The van der Waals surface area contributed by atoms with Gasteiger partial charge < -0.3 is 18.1 Å². The highest BCUT2D eigenvalue weighted by Gasteiger charge is 2.42. The summed E-state index contributed by atoms with van der Waals surface area (Å²) in [5, 5.41) is 8.49. The minimum atomic E-state index is -4.67. The van der Waals surface area contributed by atoms with Gasteiger partial charge >= 0.3 is 6.98 Å². The third-order valence-corrected chi connectivity index (χ3v) is 1.68. The number of hydrogen-bond acceptors (Lipinski definition) is 1. The first-order valence-electron chi connectivity index (χ1n) is 2.88. The maximum atomic E-state index is 11.6. The number of halogens is 3. The summed E-state index contributed by atoms with van der Waals surface area (Å²) in [7, 11) is 0. The molecule has 1 N–H and O–H groups in total. The third-order valence-electron chi connectivity index (χ3n) is 1.68. The molecule has 0 amide bonds. The largest absolute Gasteiger partial charge is 0.481 e. The minimum Gasteiger partial charge on any atom is -0.449 e. The molecule has 0 bridgehead atoms. The summed E-state index contributed by atoms with van der Waals surface area (Å²) in [4.78, 5) is 0. The molecule has 1 saturated carbocycles. The van der Waals surface area contributed by atoms with Crippen LogP contribution in [0.5, 0.6) is 0 Å². The molecule has 9 heavy (non-hydrogen) atoms. The van der Waals surface area contributed by atoms with E-state index in [1.807, 2.05) is 0 Å². The average Bonchev–Trinajstić information content (AvgIpc) is 1.55. The van der Waals surface area contributed by atoms with E-state index in [1.165, 1.54) is 0 Å². The van der Waals surface area contributed by atoms with Crippen molar-refractivity contribution in [1.29, 1.82) is 0 Å². The number of hydrogen-bond donors (Lipinski definition) is 1. The van der Waals surface area contributed by atoms with Crippen LogP contribution in [0.4, 0.5) is 12.9 Å². The van der Waals surface area contributed by atoms with Gasteiger partial charge in [0, 0.05) is 6.10 Å². The second-order valence-electron chi connectivity index (χ2n) is 2.51. The summed E-state index contributed by atoms with van der Waals surface area (Å²) >= 11 is 0. The maximum absolute atomic E-state index is 11.6. The van der Waals surface area contributed by atoms with Gasteiger partial charge in [0.1, 0.15) is 0 Å². The first-order chi connectivity index (χ1) is 4.00. The standard InChI is InChI=1S/C4H7BF3O/c6-5(7,8)3-1-4(9)2-3/h3-4,9H,1-2H2/q-1. The Labute approximate surface area is 50.9 Å². The summed E-state index contributed by atoms with van der Waals surface area (Å²) in [6.45, 7) is -4.67. The van der Waals surface area contributed by atoms with E-state index in [9.17, 15) is 12.9 Å². The molecule has 1 rings (SSSR count). The third kappa shape index (κ3) is 1.38. The highest BCUT2D eigenvalue weighted by molar-refractivity contribution is 6.60. The van der Waals surface area contributed by atoms with Crippen LogP contribution in [-0.4, -0.2) is 18.2 Å². The molecule has 0 aromatic heterocycles. The molecule has 0 aliphatic heterocycles. The average molecular weight is 139 g/mol. The maximum Gasteiger partial charge on any atom is 0.481 e. The van der Waals surface area contributed by atoms with Crippen molar-refractivity contribution >= 4 is 6.98 Å². The lowest BCUT2D eigenvalue weighted by molar-refractivity contribution is 0.0816. The molecule has 1 aliphatic carbocycles. The van der Waals surface area contributed by atoms with E-state index in [2.05, 4.69) is 0 Å². The van der Waals surface area contributed by atoms with Crippen molar-refractivity contribution in [3.63, 3.8) is 0 Å². The Kier molecular flexibility index (Phi) is 1.46. The number of rotatable bonds is 1. The smallest absolute Gasteiger partial charge is 0.449 e. The molecule has 0 aromatic carbocycles. The highest BCUT2D eigenvalue weighted by atomic mass is 19.4. The molecular weight excluding hydrogens is 132 g/mol. The Morgan fingerprint density at radius 2 is 1.67 bits per heavy atom. The van der Waals surface area contributed by atoms with Crippen LogP contribution < -0.4 is 0 Å². The van der Waals surface area contributed by atoms with E-state index in [-0.39, 0.29) is 12.8 Å². The number of aliphatic hydroxyl groups is 1. The van der Waals surface area contributed by atoms with Crippen LogP contribution in [0.25, 0.3) is 0 Å². The Hall–Kier alpha value is -0.185. The van der Waals surface area contributed by atoms with Crippen LogP contribution in [0.3, 0.4) is 0 Å². The van der Waals surface area contributed by atoms with Gasteiger partial charge in [-0.1, -0.05) is 5.82 Å². The fraction of sp³-hybridized carbons (Fsp3) is 1.00. The molecule has 1 fully saturated rings. The highest BCUT2D eigenvalue weighted by Crippen LogP contribution is 2.43. The van der Waals surface area contributed by atoms with Crippen molar-refractivity contribution in [1.82, 2.24) is 0 Å². The SMILES string of the molecule is OC1CC([B-](F)(F)F)C1. The molecule has 1 nitrogen and oxygen atoms in total. The lowest BCUT2D eigenvalue weighted by Crippen LogP contribution is -2.37. The van der Waals surface area contributed by atoms with E-state index in [0.717, 1.165) is 0 Å². The van der Waals surface area contributed by atoms with E-state index in [4.69, 9.17) is 5.11 Å². The lowest BCUT2D eigenvalue weighted by atomic mass is 9.60. The minimum absolute atomic E-state index is 0.0799. The molecule has 0 heterocycles. The second-order valence-corrected chi connectivity index (χ2v) is 2.51. The van der Waals surface area contributed by atoms with Crippen LogP contribution in [0.1, 0.15) is 12.8 Å². The van der Waals surface area contributed by atoms with Gasteiger partial charge in [-0.05, 0) is 12.8 Å². The van der Waals surface area contributed by atoms with Gasteiger partial charge in [-0.25, -0.2) is 0 Å². The van der Waals surface area contributed by atoms with Crippen LogP contribution in [0.15, 0.2) is 0 Å². The van der Waals surface area contributed by atoms with Gasteiger partial charge in [-0.2, -0.15) is 0 Å². The first kappa shape index (κ1) is 6.93. The Morgan fingerprint density at radius 3 is 1.78 bits per heavy atom. The van der Waals surface area contributed by atoms with Gasteiger partial charge in [0.2, 0.25) is 0 Å². The van der Waals surface area contributed by atoms with Gasteiger partial charge in [-0.15, -0.1) is 0 Å². The van der Waals surface area contributed by atoms with Crippen molar-refractivity contribution in [2.45, 2.75) is 24.8 Å². The zero-order valence-corrected chi connectivity index (χ0v) is 4.73. The van der Waals surface area contributed by atoms with Crippen molar-refractivity contribution in [2.24, 2.45) is 0 Å². The van der Waals surface area contributed by atoms with E-state index < -0.39 is 18.9 Å². The van der Waals surface area contributed by atoms with Gasteiger partial charge in [0.05, 0.1) is 0 Å². The second kappa shape index (κ2) is 1.90. The fourth-order valence-electron chi connectivity index (χ4n) is 0.939. The zero-order chi connectivity index (χ0) is 7.07. The van der Waals surface area contributed by atoms with Crippen LogP contribution in [0, 0.1) is 0 Å². The zero-order valence-electron chi connectivity index (χ0n) is 4.73. The van der Waals surface area contributed by atoms with Gasteiger partial charge in [0.15, 0.2) is 0 Å². The molecule has 0 atom stereocenters. The molecule has 1 aliphatic rings. The van der Waals surface area contributed by atoms with Crippen molar-refractivity contribution < 1.29 is 18.1 Å². The summed E-state index contributed by atoms with van der Waals surface area (Å²) < 4.78 is 34.9. The van der Waals surface area contributed by atoms with Crippen molar-refractivity contribution in [3.8, 4) is 0 Å².